The summed E-state index contributed by atoms with van der Waals surface area (Å²) < 4.78 is 65.2. The first-order chi connectivity index (χ1) is 15.6. The summed E-state index contributed by atoms with van der Waals surface area (Å²) >= 11 is 1.55. The number of fused-ring (bicyclic) bond motifs is 1. The Labute approximate surface area is 202 Å². The number of hydrogen-bond acceptors (Lipinski definition) is 6. The molecule has 0 saturated heterocycles. The highest BCUT2D eigenvalue weighted by molar-refractivity contribution is 7.99. The predicted octanol–water partition coefficient (Wildman–Crippen LogP) is 5.57. The molecule has 8 nitrogen and oxygen atoms in total. The molecule has 0 radical (unpaired) electrons. The molecule has 0 unspecified atom stereocenters. The van der Waals surface area contributed by atoms with Gasteiger partial charge in [0.05, 0.1) is 21.7 Å². The van der Waals surface area contributed by atoms with Crippen LogP contribution in [0.25, 0.3) is 11.0 Å². The second kappa shape index (κ2) is 13.7. The Morgan fingerprint density at radius 1 is 0.879 bits per heavy atom. The van der Waals surface area contributed by atoms with Gasteiger partial charge in [0.15, 0.2) is 5.16 Å². The van der Waals surface area contributed by atoms with Crippen LogP contribution in [0.4, 0.5) is 0 Å². The van der Waals surface area contributed by atoms with Crippen LogP contribution in [0.2, 0.25) is 0 Å². The summed E-state index contributed by atoms with van der Waals surface area (Å²) in [6, 6.07) is 4.17. The third-order valence-electron chi connectivity index (χ3n) is 5.50. The summed E-state index contributed by atoms with van der Waals surface area (Å²) in [6.45, 7) is 2.55. The zero-order chi connectivity index (χ0) is 24.3. The summed E-state index contributed by atoms with van der Waals surface area (Å²) in [5.74, 6) is 0.488. The number of rotatable bonds is 17. The molecule has 2 N–H and O–H groups in total. The van der Waals surface area contributed by atoms with Crippen LogP contribution >= 0.6 is 11.8 Å². The summed E-state index contributed by atoms with van der Waals surface area (Å²) in [7, 11) is -8.40. The zero-order valence-corrected chi connectivity index (χ0v) is 21.7. The minimum Gasteiger partial charge on any atom is -0.319 e. The molecule has 0 spiro atoms. The first-order valence-corrected chi connectivity index (χ1v) is 15.7. The van der Waals surface area contributed by atoms with E-state index in [0.29, 0.717) is 22.7 Å². The fourth-order valence-corrected chi connectivity index (χ4v) is 5.77. The van der Waals surface area contributed by atoms with Crippen LogP contribution in [0.5, 0.6) is 0 Å². The van der Waals surface area contributed by atoms with Crippen molar-refractivity contribution in [3.8, 4) is 0 Å². The molecule has 11 heteroatoms. The lowest BCUT2D eigenvalue weighted by molar-refractivity contribution is 0.476. The van der Waals surface area contributed by atoms with Gasteiger partial charge in [-0.05, 0) is 31.0 Å². The van der Waals surface area contributed by atoms with E-state index >= 15 is 0 Å². The molecule has 0 aliphatic rings. The van der Waals surface area contributed by atoms with Crippen LogP contribution in [0, 0.1) is 0 Å². The smallest absolute Gasteiger partial charge is 0.294 e. The van der Waals surface area contributed by atoms with E-state index in [1.54, 1.807) is 17.8 Å². The fraction of sp³-hybridized carbons (Fsp3) is 0.682. The van der Waals surface area contributed by atoms with E-state index in [4.69, 9.17) is 4.55 Å². The normalized spacial score (nSPS) is 12.6. The van der Waals surface area contributed by atoms with Crippen molar-refractivity contribution in [1.82, 2.24) is 9.55 Å². The number of benzene rings is 1. The van der Waals surface area contributed by atoms with Crippen molar-refractivity contribution < 1.29 is 25.9 Å². The third-order valence-corrected chi connectivity index (χ3v) is 8.21. The van der Waals surface area contributed by atoms with Crippen molar-refractivity contribution in [3.63, 3.8) is 0 Å². The second-order valence-corrected chi connectivity index (χ2v) is 12.4. The maximum atomic E-state index is 11.5. The highest BCUT2D eigenvalue weighted by Gasteiger charge is 2.16. The number of aryl methyl sites for hydroxylation is 1. The van der Waals surface area contributed by atoms with Gasteiger partial charge in [-0.25, -0.2) is 4.98 Å². The number of unbranched alkanes of at least 4 members (excludes halogenated alkanes) is 9. The SMILES string of the molecule is CCCCCCCCCCCCSc1nc2cc(S(=O)(=O)O)ccc2n1CCCS(=O)(=O)O. The Hall–Kier alpha value is -1.14. The molecular weight excluding hydrogens is 484 g/mol. The van der Waals surface area contributed by atoms with E-state index in [1.165, 1.54) is 63.5 Å². The topological polar surface area (TPSA) is 127 Å². The van der Waals surface area contributed by atoms with Crippen molar-refractivity contribution in [3.05, 3.63) is 18.2 Å². The molecule has 33 heavy (non-hydrogen) atoms. The van der Waals surface area contributed by atoms with Gasteiger partial charge < -0.3 is 4.57 Å². The zero-order valence-electron chi connectivity index (χ0n) is 19.3. The van der Waals surface area contributed by atoms with Crippen LogP contribution in [-0.4, -0.2) is 47.0 Å². The molecule has 0 atom stereocenters. The average molecular weight is 521 g/mol. The van der Waals surface area contributed by atoms with E-state index in [-0.39, 0.29) is 17.1 Å². The van der Waals surface area contributed by atoms with Gasteiger partial charge in [0.2, 0.25) is 0 Å². The largest absolute Gasteiger partial charge is 0.319 e. The number of nitrogens with zero attached hydrogens (tertiary/aromatic N) is 2. The summed E-state index contributed by atoms with van der Waals surface area (Å²) in [5.41, 5.74) is 1.07. The average Bonchev–Trinajstić information content (AvgIpc) is 3.07. The number of aromatic nitrogens is 2. The molecule has 0 fully saturated rings. The van der Waals surface area contributed by atoms with Gasteiger partial charge in [0.1, 0.15) is 0 Å². The molecule has 188 valence electrons. The molecular formula is C22H36N2O6S3. The standard InChI is InChI=1S/C22H36N2O6S3/c1-2-3-4-5-6-7-8-9-10-11-16-31-22-23-20-18-19(33(28,29)30)13-14-21(20)24(22)15-12-17-32(25,26)27/h13-14,18H,2-12,15-17H2,1H3,(H,25,26,27)(H,28,29,30). The number of hydrogen-bond donors (Lipinski definition) is 2. The Morgan fingerprint density at radius 2 is 1.48 bits per heavy atom. The Bertz CT molecular complexity index is 1080. The highest BCUT2D eigenvalue weighted by atomic mass is 32.2. The number of imidazole rings is 1. The van der Waals surface area contributed by atoms with E-state index in [1.807, 2.05) is 4.57 Å². The molecule has 1 aromatic carbocycles. The summed E-state index contributed by atoms with van der Waals surface area (Å²) in [5, 5.41) is 0.670. The van der Waals surface area contributed by atoms with Crippen molar-refractivity contribution in [2.45, 2.75) is 94.1 Å². The van der Waals surface area contributed by atoms with Crippen LogP contribution in [0.15, 0.2) is 28.3 Å². The van der Waals surface area contributed by atoms with E-state index < -0.39 is 20.2 Å². The molecule has 2 rings (SSSR count). The van der Waals surface area contributed by atoms with Crippen molar-refractivity contribution in [2.75, 3.05) is 11.5 Å². The second-order valence-electron chi connectivity index (χ2n) is 8.34. The van der Waals surface area contributed by atoms with Crippen molar-refractivity contribution in [1.29, 1.82) is 0 Å². The Balaban J connectivity index is 1.92. The van der Waals surface area contributed by atoms with Gasteiger partial charge in [-0.15, -0.1) is 0 Å². The quantitative estimate of drug-likeness (QED) is 0.157. The highest BCUT2D eigenvalue weighted by Crippen LogP contribution is 2.27. The van der Waals surface area contributed by atoms with Crippen molar-refractivity contribution >= 4 is 43.0 Å². The fourth-order valence-electron chi connectivity index (χ4n) is 3.73. The van der Waals surface area contributed by atoms with E-state index in [9.17, 15) is 21.4 Å². The summed E-state index contributed by atoms with van der Waals surface area (Å²) in [4.78, 5) is 4.29. The lowest BCUT2D eigenvalue weighted by Crippen LogP contribution is -2.09. The lowest BCUT2D eigenvalue weighted by atomic mass is 10.1. The van der Waals surface area contributed by atoms with Crippen LogP contribution < -0.4 is 0 Å². The Morgan fingerprint density at radius 3 is 2.06 bits per heavy atom. The first-order valence-electron chi connectivity index (χ1n) is 11.7. The van der Waals surface area contributed by atoms with Gasteiger partial charge >= 0.3 is 0 Å². The molecule has 0 amide bonds. The third kappa shape index (κ3) is 10.3. The maximum Gasteiger partial charge on any atom is 0.294 e. The molecule has 1 aromatic heterocycles. The summed E-state index contributed by atoms with van der Waals surface area (Å²) in [6.07, 6.45) is 12.7. The molecule has 0 aliphatic carbocycles. The molecule has 1 heterocycles. The number of thioether (sulfide) groups is 1. The van der Waals surface area contributed by atoms with E-state index in [0.717, 1.165) is 18.6 Å². The van der Waals surface area contributed by atoms with Gasteiger partial charge in [0, 0.05) is 12.3 Å². The van der Waals surface area contributed by atoms with Gasteiger partial charge in [0.25, 0.3) is 20.2 Å². The minimum absolute atomic E-state index is 0.205. The lowest BCUT2D eigenvalue weighted by Gasteiger charge is -2.08. The van der Waals surface area contributed by atoms with Gasteiger partial charge in [-0.1, -0.05) is 76.5 Å². The minimum atomic E-state index is -4.34. The van der Waals surface area contributed by atoms with Gasteiger partial charge in [-0.3, -0.25) is 9.11 Å². The Kier molecular flexibility index (Phi) is 11.6. The molecule has 2 aromatic rings. The van der Waals surface area contributed by atoms with Crippen LogP contribution in [-0.2, 0) is 26.8 Å². The first kappa shape index (κ1) is 28.1. The maximum absolute atomic E-state index is 11.5. The van der Waals surface area contributed by atoms with Gasteiger partial charge in [-0.2, -0.15) is 16.8 Å². The van der Waals surface area contributed by atoms with E-state index in [2.05, 4.69) is 11.9 Å². The van der Waals surface area contributed by atoms with Crippen LogP contribution in [0.3, 0.4) is 0 Å². The monoisotopic (exact) mass is 520 g/mol. The predicted molar refractivity (Wildman–Crippen MR) is 133 cm³/mol. The van der Waals surface area contributed by atoms with Crippen LogP contribution in [0.1, 0.15) is 77.6 Å². The van der Waals surface area contributed by atoms with Crippen molar-refractivity contribution in [2.24, 2.45) is 0 Å². The molecule has 0 aliphatic heterocycles. The molecule has 0 saturated carbocycles. The molecule has 0 bridgehead atoms.